The first-order chi connectivity index (χ1) is 14.2. The van der Waals surface area contributed by atoms with Crippen molar-refractivity contribution in [2.75, 3.05) is 19.8 Å². The van der Waals surface area contributed by atoms with Crippen molar-refractivity contribution < 1.29 is 18.9 Å². The van der Waals surface area contributed by atoms with Crippen molar-refractivity contribution in [3.8, 4) is 11.5 Å². The molecule has 30 heavy (non-hydrogen) atoms. The zero-order valence-corrected chi connectivity index (χ0v) is 18.8. The van der Waals surface area contributed by atoms with Crippen LogP contribution in [0.2, 0.25) is 0 Å². The van der Waals surface area contributed by atoms with Crippen molar-refractivity contribution >= 4 is 0 Å². The second-order valence-electron chi connectivity index (χ2n) is 10.1. The molecule has 0 spiro atoms. The minimum Gasteiger partial charge on any atom is -0.493 e. The molecule has 0 aromatic heterocycles. The minimum atomic E-state index is 0.0793. The lowest BCUT2D eigenvalue weighted by molar-refractivity contribution is -0.172. The van der Waals surface area contributed by atoms with Crippen LogP contribution in [0.5, 0.6) is 11.5 Å². The number of ether oxygens (including phenoxy) is 4. The summed E-state index contributed by atoms with van der Waals surface area (Å²) in [7, 11) is 0. The van der Waals surface area contributed by atoms with E-state index in [9.17, 15) is 0 Å². The highest BCUT2D eigenvalue weighted by Crippen LogP contribution is 2.46. The SMILES string of the molecule is CC(CCOc1ccc(C2OCC2(C)C)cc1)Oc1ccc(C2OCC2(C)C)cc1. The third-order valence-corrected chi connectivity index (χ3v) is 6.16. The number of hydrogen-bond donors (Lipinski definition) is 0. The topological polar surface area (TPSA) is 36.9 Å². The Labute approximate surface area is 180 Å². The molecule has 0 radical (unpaired) electrons. The zero-order chi connectivity index (χ0) is 21.4. The molecule has 0 saturated carbocycles. The van der Waals surface area contributed by atoms with Gasteiger partial charge in [-0.05, 0) is 42.3 Å². The first-order valence-corrected chi connectivity index (χ1v) is 11.0. The lowest BCUT2D eigenvalue weighted by Gasteiger charge is -2.44. The molecule has 4 nitrogen and oxygen atoms in total. The van der Waals surface area contributed by atoms with Crippen LogP contribution in [0.3, 0.4) is 0 Å². The van der Waals surface area contributed by atoms with Gasteiger partial charge in [-0.25, -0.2) is 0 Å². The van der Waals surface area contributed by atoms with Gasteiger partial charge in [-0.15, -0.1) is 0 Å². The highest BCUT2D eigenvalue weighted by atomic mass is 16.5. The first-order valence-electron chi connectivity index (χ1n) is 11.0. The summed E-state index contributed by atoms with van der Waals surface area (Å²) in [5.74, 6) is 1.77. The first kappa shape index (κ1) is 21.2. The normalized spacial score (nSPS) is 25.0. The lowest BCUT2D eigenvalue weighted by atomic mass is 9.79. The zero-order valence-electron chi connectivity index (χ0n) is 18.8. The van der Waals surface area contributed by atoms with Gasteiger partial charge in [0.2, 0.25) is 0 Å². The molecule has 0 N–H and O–H groups in total. The van der Waals surface area contributed by atoms with E-state index in [1.54, 1.807) is 0 Å². The van der Waals surface area contributed by atoms with Gasteiger partial charge < -0.3 is 18.9 Å². The van der Waals surface area contributed by atoms with Crippen LogP contribution in [-0.4, -0.2) is 25.9 Å². The fraction of sp³-hybridized carbons (Fsp3) is 0.538. The largest absolute Gasteiger partial charge is 0.493 e. The van der Waals surface area contributed by atoms with Gasteiger partial charge in [0.1, 0.15) is 11.5 Å². The maximum Gasteiger partial charge on any atom is 0.119 e. The lowest BCUT2D eigenvalue weighted by Crippen LogP contribution is -2.40. The van der Waals surface area contributed by atoms with Gasteiger partial charge >= 0.3 is 0 Å². The van der Waals surface area contributed by atoms with Crippen LogP contribution in [0.4, 0.5) is 0 Å². The van der Waals surface area contributed by atoms with E-state index in [4.69, 9.17) is 18.9 Å². The quantitative estimate of drug-likeness (QED) is 0.525. The highest BCUT2D eigenvalue weighted by Gasteiger charge is 2.41. The second kappa shape index (κ2) is 8.24. The predicted octanol–water partition coefficient (Wildman–Crippen LogP) is 6.12. The molecular weight excluding hydrogens is 376 g/mol. The van der Waals surface area contributed by atoms with Gasteiger partial charge in [0, 0.05) is 17.3 Å². The molecule has 162 valence electrons. The van der Waals surface area contributed by atoms with Crippen LogP contribution in [0.25, 0.3) is 0 Å². The maximum absolute atomic E-state index is 6.05. The van der Waals surface area contributed by atoms with Crippen molar-refractivity contribution in [1.82, 2.24) is 0 Å². The Bertz CT molecular complexity index is 838. The van der Waals surface area contributed by atoms with Crippen LogP contribution in [0, 0.1) is 10.8 Å². The molecule has 2 saturated heterocycles. The molecular formula is C26H34O4. The fourth-order valence-electron chi connectivity index (χ4n) is 4.19. The van der Waals surface area contributed by atoms with Gasteiger partial charge in [-0.2, -0.15) is 0 Å². The Balaban J connectivity index is 1.21. The number of rotatable bonds is 8. The van der Waals surface area contributed by atoms with Crippen LogP contribution in [0.15, 0.2) is 48.5 Å². The van der Waals surface area contributed by atoms with E-state index in [-0.39, 0.29) is 29.1 Å². The molecule has 3 atom stereocenters. The minimum absolute atomic E-state index is 0.0793. The van der Waals surface area contributed by atoms with Gasteiger partial charge in [-0.1, -0.05) is 52.0 Å². The molecule has 2 aromatic rings. The predicted molar refractivity (Wildman–Crippen MR) is 118 cm³/mol. The molecule has 4 heteroatoms. The third-order valence-electron chi connectivity index (χ3n) is 6.16. The fourth-order valence-corrected chi connectivity index (χ4v) is 4.19. The Morgan fingerprint density at radius 2 is 1.27 bits per heavy atom. The summed E-state index contributed by atoms with van der Waals surface area (Å²) in [6.45, 7) is 13.3. The van der Waals surface area contributed by atoms with Crippen LogP contribution in [-0.2, 0) is 9.47 Å². The van der Waals surface area contributed by atoms with Crippen LogP contribution in [0.1, 0.15) is 64.4 Å². The maximum atomic E-state index is 6.05. The molecule has 0 aliphatic carbocycles. The molecule has 0 amide bonds. The van der Waals surface area contributed by atoms with E-state index in [1.807, 2.05) is 24.3 Å². The molecule has 2 aliphatic rings. The molecule has 2 fully saturated rings. The van der Waals surface area contributed by atoms with Crippen molar-refractivity contribution in [3.05, 3.63) is 59.7 Å². The highest BCUT2D eigenvalue weighted by molar-refractivity contribution is 5.31. The average molecular weight is 411 g/mol. The summed E-state index contributed by atoms with van der Waals surface area (Å²) in [5, 5.41) is 0. The smallest absolute Gasteiger partial charge is 0.119 e. The van der Waals surface area contributed by atoms with E-state index in [0.29, 0.717) is 6.61 Å². The Morgan fingerprint density at radius 1 is 0.800 bits per heavy atom. The van der Waals surface area contributed by atoms with E-state index >= 15 is 0 Å². The van der Waals surface area contributed by atoms with Crippen LogP contribution >= 0.6 is 0 Å². The van der Waals surface area contributed by atoms with Crippen molar-refractivity contribution in [1.29, 1.82) is 0 Å². The van der Waals surface area contributed by atoms with Crippen molar-refractivity contribution in [2.24, 2.45) is 10.8 Å². The second-order valence-corrected chi connectivity index (χ2v) is 10.1. The summed E-state index contributed by atoms with van der Waals surface area (Å²) in [4.78, 5) is 0. The average Bonchev–Trinajstić information content (AvgIpc) is 2.69. The van der Waals surface area contributed by atoms with Gasteiger partial charge in [0.25, 0.3) is 0 Å². The number of benzene rings is 2. The van der Waals surface area contributed by atoms with Crippen molar-refractivity contribution in [2.45, 2.75) is 59.4 Å². The van der Waals surface area contributed by atoms with E-state index < -0.39 is 0 Å². The van der Waals surface area contributed by atoms with Crippen molar-refractivity contribution in [3.63, 3.8) is 0 Å². The molecule has 2 heterocycles. The standard InChI is InChI=1S/C26H34O4/c1-18(30-22-12-8-20(9-13-22)24-26(4,5)17-29-24)14-15-27-21-10-6-19(7-11-21)23-25(2,3)16-28-23/h6-13,18,23-24H,14-17H2,1-5H3. The van der Waals surface area contributed by atoms with Crippen LogP contribution < -0.4 is 9.47 Å². The molecule has 2 aliphatic heterocycles. The van der Waals surface area contributed by atoms with Gasteiger partial charge in [-0.3, -0.25) is 0 Å². The molecule has 3 unspecified atom stereocenters. The van der Waals surface area contributed by atoms with E-state index in [2.05, 4.69) is 58.9 Å². The molecule has 0 bridgehead atoms. The molecule has 4 rings (SSSR count). The number of hydrogen-bond acceptors (Lipinski definition) is 4. The van der Waals surface area contributed by atoms with E-state index in [0.717, 1.165) is 31.1 Å². The van der Waals surface area contributed by atoms with E-state index in [1.165, 1.54) is 11.1 Å². The Morgan fingerprint density at radius 3 is 1.67 bits per heavy atom. The summed E-state index contributed by atoms with van der Waals surface area (Å²) in [6, 6.07) is 16.6. The summed E-state index contributed by atoms with van der Waals surface area (Å²) < 4.78 is 23.4. The third kappa shape index (κ3) is 4.50. The van der Waals surface area contributed by atoms with Gasteiger partial charge in [0.05, 0.1) is 38.1 Å². The van der Waals surface area contributed by atoms with Gasteiger partial charge in [0.15, 0.2) is 0 Å². The monoisotopic (exact) mass is 410 g/mol. The summed E-state index contributed by atoms with van der Waals surface area (Å²) in [6.07, 6.45) is 1.27. The summed E-state index contributed by atoms with van der Waals surface area (Å²) >= 11 is 0. The Kier molecular flexibility index (Phi) is 5.82. The molecule has 2 aromatic carbocycles. The summed E-state index contributed by atoms with van der Waals surface area (Å²) in [5.41, 5.74) is 2.86. The Hall–Kier alpha value is -2.04.